The molecule has 0 spiro atoms. The van der Waals surface area contributed by atoms with Gasteiger partial charge in [0.1, 0.15) is 12.2 Å². The van der Waals surface area contributed by atoms with Gasteiger partial charge in [0.15, 0.2) is 0 Å². The number of carbonyl (C=O) groups is 3. The van der Waals surface area contributed by atoms with Gasteiger partial charge in [-0.15, -0.1) is 0 Å². The fourth-order valence-corrected chi connectivity index (χ4v) is 0.520. The standard InChI is InChI=1S/C6H9NO4/c7-5(9)2-1-4(8)3-6(10)11/h1-3H2,(H2,7,9)(H,10,11). The number of nitrogens with two attached hydrogens (primary N) is 1. The minimum Gasteiger partial charge on any atom is -0.481 e. The largest absolute Gasteiger partial charge is 0.481 e. The summed E-state index contributed by atoms with van der Waals surface area (Å²) < 4.78 is 0. The average molecular weight is 159 g/mol. The number of ketones is 1. The summed E-state index contributed by atoms with van der Waals surface area (Å²) >= 11 is 0. The predicted molar refractivity (Wildman–Crippen MR) is 35.7 cm³/mol. The summed E-state index contributed by atoms with van der Waals surface area (Å²) in [5, 5.41) is 8.11. The van der Waals surface area contributed by atoms with Crippen molar-refractivity contribution in [3.63, 3.8) is 0 Å². The van der Waals surface area contributed by atoms with E-state index in [2.05, 4.69) is 0 Å². The Hall–Kier alpha value is -1.39. The van der Waals surface area contributed by atoms with E-state index in [1.165, 1.54) is 0 Å². The van der Waals surface area contributed by atoms with Crippen LogP contribution in [0.1, 0.15) is 19.3 Å². The number of aliphatic carboxylic acids is 1. The maximum Gasteiger partial charge on any atom is 0.310 e. The molecule has 0 aromatic rings. The van der Waals surface area contributed by atoms with Crippen LogP contribution < -0.4 is 5.73 Å². The molecule has 0 aliphatic carbocycles. The predicted octanol–water partition coefficient (Wildman–Crippen LogP) is -0.704. The van der Waals surface area contributed by atoms with Crippen molar-refractivity contribution in [2.24, 2.45) is 5.73 Å². The van der Waals surface area contributed by atoms with Gasteiger partial charge >= 0.3 is 5.97 Å². The van der Waals surface area contributed by atoms with Crippen LogP contribution in [-0.4, -0.2) is 22.8 Å². The fraction of sp³-hybridized carbons (Fsp3) is 0.500. The van der Waals surface area contributed by atoms with E-state index in [1.807, 2.05) is 0 Å². The molecule has 0 saturated heterocycles. The number of amides is 1. The molecule has 0 fully saturated rings. The molecule has 0 aliphatic rings. The van der Waals surface area contributed by atoms with Crippen molar-refractivity contribution in [2.45, 2.75) is 19.3 Å². The van der Waals surface area contributed by atoms with Crippen molar-refractivity contribution in [3.8, 4) is 0 Å². The van der Waals surface area contributed by atoms with E-state index in [0.717, 1.165) is 0 Å². The molecule has 0 rings (SSSR count). The molecule has 0 radical (unpaired) electrons. The van der Waals surface area contributed by atoms with Crippen molar-refractivity contribution in [1.82, 2.24) is 0 Å². The van der Waals surface area contributed by atoms with Gasteiger partial charge in [-0.25, -0.2) is 0 Å². The Kier molecular flexibility index (Phi) is 3.87. The van der Waals surface area contributed by atoms with Crippen molar-refractivity contribution in [1.29, 1.82) is 0 Å². The average Bonchev–Trinajstić information content (AvgIpc) is 1.82. The number of hydrogen-bond donors (Lipinski definition) is 2. The number of carbonyl (C=O) groups excluding carboxylic acids is 2. The maximum absolute atomic E-state index is 10.6. The van der Waals surface area contributed by atoms with E-state index in [1.54, 1.807) is 0 Å². The van der Waals surface area contributed by atoms with Crippen LogP contribution >= 0.6 is 0 Å². The third-order valence-corrected chi connectivity index (χ3v) is 0.999. The molecule has 5 heteroatoms. The Morgan fingerprint density at radius 2 is 1.73 bits per heavy atom. The summed E-state index contributed by atoms with van der Waals surface area (Å²) in [5.74, 6) is -2.25. The van der Waals surface area contributed by atoms with Crippen LogP contribution in [0, 0.1) is 0 Å². The summed E-state index contributed by atoms with van der Waals surface area (Å²) in [6.07, 6.45) is -0.693. The van der Waals surface area contributed by atoms with E-state index in [4.69, 9.17) is 10.8 Å². The van der Waals surface area contributed by atoms with Crippen LogP contribution in [-0.2, 0) is 14.4 Å². The minimum absolute atomic E-state index is 0.0773. The maximum atomic E-state index is 10.6. The van der Waals surface area contributed by atoms with E-state index >= 15 is 0 Å². The van der Waals surface area contributed by atoms with Gasteiger partial charge in [-0.3, -0.25) is 14.4 Å². The molecule has 62 valence electrons. The van der Waals surface area contributed by atoms with E-state index in [-0.39, 0.29) is 12.8 Å². The first-order chi connectivity index (χ1) is 5.02. The second kappa shape index (κ2) is 4.43. The number of hydrogen-bond acceptors (Lipinski definition) is 3. The van der Waals surface area contributed by atoms with Crippen LogP contribution in [0.3, 0.4) is 0 Å². The highest BCUT2D eigenvalue weighted by atomic mass is 16.4. The first-order valence-corrected chi connectivity index (χ1v) is 3.04. The summed E-state index contributed by atoms with van der Waals surface area (Å²) in [6.45, 7) is 0. The van der Waals surface area contributed by atoms with Crippen molar-refractivity contribution >= 4 is 17.7 Å². The molecule has 0 bridgehead atoms. The van der Waals surface area contributed by atoms with Gasteiger partial charge in [0.2, 0.25) is 5.91 Å². The first-order valence-electron chi connectivity index (χ1n) is 3.04. The third-order valence-electron chi connectivity index (χ3n) is 0.999. The minimum atomic E-state index is -1.18. The zero-order valence-corrected chi connectivity index (χ0v) is 5.87. The van der Waals surface area contributed by atoms with E-state index < -0.39 is 24.1 Å². The molecular formula is C6H9NO4. The first kappa shape index (κ1) is 9.61. The highest BCUT2D eigenvalue weighted by molar-refractivity contribution is 5.96. The lowest BCUT2D eigenvalue weighted by atomic mass is 10.1. The normalized spacial score (nSPS) is 9.09. The second-order valence-electron chi connectivity index (χ2n) is 2.08. The number of carboxylic acid groups (broad SMARTS) is 1. The Morgan fingerprint density at radius 3 is 2.09 bits per heavy atom. The summed E-state index contributed by atoms with van der Waals surface area (Å²) in [5.41, 5.74) is 4.73. The molecule has 1 amide bonds. The van der Waals surface area contributed by atoms with Crippen LogP contribution in [0.5, 0.6) is 0 Å². The summed E-state index contributed by atoms with van der Waals surface area (Å²) in [4.78, 5) is 30.6. The Balaban J connectivity index is 3.53. The molecule has 3 N–H and O–H groups in total. The number of carboxylic acids is 1. The molecule has 0 unspecified atom stereocenters. The zero-order chi connectivity index (χ0) is 8.85. The molecule has 0 heterocycles. The van der Waals surface area contributed by atoms with Gasteiger partial charge in [-0.1, -0.05) is 0 Å². The van der Waals surface area contributed by atoms with Gasteiger partial charge < -0.3 is 10.8 Å². The third kappa shape index (κ3) is 6.50. The molecule has 0 aliphatic heterocycles. The van der Waals surface area contributed by atoms with Crippen molar-refractivity contribution < 1.29 is 19.5 Å². The van der Waals surface area contributed by atoms with Crippen molar-refractivity contribution in [3.05, 3.63) is 0 Å². The van der Waals surface area contributed by atoms with E-state index in [9.17, 15) is 14.4 Å². The molecule has 0 aromatic heterocycles. The lowest BCUT2D eigenvalue weighted by Crippen LogP contribution is -2.14. The van der Waals surface area contributed by atoms with Gasteiger partial charge in [0.25, 0.3) is 0 Å². The summed E-state index contributed by atoms with van der Waals surface area (Å²) in [6, 6.07) is 0. The number of Topliss-reactive ketones (excluding diaryl/α,β-unsaturated/α-hetero) is 1. The monoisotopic (exact) mass is 159 g/mol. The van der Waals surface area contributed by atoms with Crippen LogP contribution in [0.2, 0.25) is 0 Å². The van der Waals surface area contributed by atoms with Crippen molar-refractivity contribution in [2.75, 3.05) is 0 Å². The Bertz CT molecular complexity index is 187. The van der Waals surface area contributed by atoms with E-state index in [0.29, 0.717) is 0 Å². The molecule has 0 atom stereocenters. The molecule has 0 saturated carbocycles. The molecule has 11 heavy (non-hydrogen) atoms. The second-order valence-corrected chi connectivity index (χ2v) is 2.08. The SMILES string of the molecule is NC(=O)CCC(=O)CC(=O)O. The summed E-state index contributed by atoms with van der Waals surface area (Å²) in [7, 11) is 0. The lowest BCUT2D eigenvalue weighted by Gasteiger charge is -1.93. The van der Waals surface area contributed by atoms with Gasteiger partial charge in [-0.2, -0.15) is 0 Å². The smallest absolute Gasteiger partial charge is 0.310 e. The van der Waals surface area contributed by atoms with Gasteiger partial charge in [-0.05, 0) is 0 Å². The molecular weight excluding hydrogens is 150 g/mol. The van der Waals surface area contributed by atoms with Gasteiger partial charge in [0, 0.05) is 12.8 Å². The topological polar surface area (TPSA) is 97.5 Å². The number of rotatable bonds is 5. The zero-order valence-electron chi connectivity index (χ0n) is 5.87. The Labute approximate surface area is 63.2 Å². The van der Waals surface area contributed by atoms with Crippen LogP contribution in [0.25, 0.3) is 0 Å². The number of primary amides is 1. The Morgan fingerprint density at radius 1 is 1.18 bits per heavy atom. The molecule has 0 aromatic carbocycles. The fourth-order valence-electron chi connectivity index (χ4n) is 0.520. The highest BCUT2D eigenvalue weighted by Crippen LogP contribution is 1.93. The lowest BCUT2D eigenvalue weighted by molar-refractivity contribution is -0.140. The molecule has 5 nitrogen and oxygen atoms in total. The van der Waals surface area contributed by atoms with Crippen LogP contribution in [0.15, 0.2) is 0 Å². The van der Waals surface area contributed by atoms with Gasteiger partial charge in [0.05, 0.1) is 0 Å². The highest BCUT2D eigenvalue weighted by Gasteiger charge is 2.08. The van der Waals surface area contributed by atoms with Crippen LogP contribution in [0.4, 0.5) is 0 Å². The quantitative estimate of drug-likeness (QED) is 0.518.